The van der Waals surface area contributed by atoms with Crippen LogP contribution >= 0.6 is 11.3 Å². The van der Waals surface area contributed by atoms with Gasteiger partial charge in [-0.2, -0.15) is 5.10 Å². The van der Waals surface area contributed by atoms with Gasteiger partial charge in [0.2, 0.25) is 11.8 Å². The highest BCUT2D eigenvalue weighted by molar-refractivity contribution is 7.10. The van der Waals surface area contributed by atoms with E-state index in [-0.39, 0.29) is 24.3 Å². The first kappa shape index (κ1) is 20.3. The minimum atomic E-state index is -0.399. The summed E-state index contributed by atoms with van der Waals surface area (Å²) < 4.78 is 1.88. The molecule has 1 aromatic carbocycles. The quantitative estimate of drug-likeness (QED) is 0.588. The summed E-state index contributed by atoms with van der Waals surface area (Å²) in [7, 11) is 0. The summed E-state index contributed by atoms with van der Waals surface area (Å²) in [5, 5.41) is 9.30. The molecular formula is C23H26N4O2S. The monoisotopic (exact) mass is 422 g/mol. The lowest BCUT2D eigenvalue weighted by atomic mass is 9.97. The van der Waals surface area contributed by atoms with Crippen molar-refractivity contribution in [1.82, 2.24) is 15.1 Å². The van der Waals surface area contributed by atoms with Crippen molar-refractivity contribution >= 4 is 28.8 Å². The van der Waals surface area contributed by atoms with Crippen LogP contribution in [0.2, 0.25) is 0 Å². The third kappa shape index (κ3) is 4.31. The van der Waals surface area contributed by atoms with Gasteiger partial charge < -0.3 is 10.2 Å². The summed E-state index contributed by atoms with van der Waals surface area (Å²) in [6.07, 6.45) is 4.83. The number of carbonyl (C=O) groups is 2. The maximum atomic E-state index is 13.0. The SMILES string of the molecule is Cc1ccc(N2C(=O)CC(C(=O)NCCCn3cc(C)cn3)C2c2cccs2)cc1. The largest absolute Gasteiger partial charge is 0.356 e. The average molecular weight is 423 g/mol. The number of thiophene rings is 1. The molecule has 4 rings (SSSR count). The standard InChI is InChI=1S/C23H26N4O2S/c1-16-6-8-18(9-7-16)27-21(28)13-19(22(27)20-5-3-12-30-20)23(29)24-10-4-11-26-15-17(2)14-25-26/h3,5-9,12,14-15,19,22H,4,10-11,13H2,1-2H3,(H,24,29). The Balaban J connectivity index is 1.46. The van der Waals surface area contributed by atoms with Gasteiger partial charge in [-0.15, -0.1) is 11.3 Å². The van der Waals surface area contributed by atoms with Crippen molar-refractivity contribution in [2.75, 3.05) is 11.4 Å². The van der Waals surface area contributed by atoms with Crippen molar-refractivity contribution in [2.45, 2.75) is 39.3 Å². The molecule has 1 aliphatic heterocycles. The van der Waals surface area contributed by atoms with Crippen LogP contribution in [0, 0.1) is 19.8 Å². The smallest absolute Gasteiger partial charge is 0.228 e. The Morgan fingerprint density at radius 1 is 1.20 bits per heavy atom. The zero-order chi connectivity index (χ0) is 21.1. The van der Waals surface area contributed by atoms with Crippen LogP contribution in [0.4, 0.5) is 5.69 Å². The Morgan fingerprint density at radius 3 is 2.67 bits per heavy atom. The number of carbonyl (C=O) groups excluding carboxylic acids is 2. The predicted molar refractivity (Wildman–Crippen MR) is 118 cm³/mol. The fourth-order valence-electron chi connectivity index (χ4n) is 3.94. The number of benzene rings is 1. The van der Waals surface area contributed by atoms with Crippen LogP contribution in [0.3, 0.4) is 0 Å². The summed E-state index contributed by atoms with van der Waals surface area (Å²) >= 11 is 1.59. The second kappa shape index (κ2) is 8.83. The summed E-state index contributed by atoms with van der Waals surface area (Å²) in [4.78, 5) is 28.8. The lowest BCUT2D eigenvalue weighted by Gasteiger charge is -2.27. The van der Waals surface area contributed by atoms with Gasteiger partial charge in [-0.25, -0.2) is 0 Å². The number of nitrogens with zero attached hydrogens (tertiary/aromatic N) is 3. The third-order valence-electron chi connectivity index (χ3n) is 5.43. The second-order valence-electron chi connectivity index (χ2n) is 7.80. The molecule has 156 valence electrons. The highest BCUT2D eigenvalue weighted by Crippen LogP contribution is 2.43. The third-order valence-corrected chi connectivity index (χ3v) is 6.37. The van der Waals surface area contributed by atoms with Crippen LogP contribution in [0.1, 0.15) is 34.9 Å². The van der Waals surface area contributed by atoms with E-state index >= 15 is 0 Å². The van der Waals surface area contributed by atoms with Gasteiger partial charge in [0.25, 0.3) is 0 Å². The van der Waals surface area contributed by atoms with Crippen LogP contribution in [-0.2, 0) is 16.1 Å². The number of amides is 2. The van der Waals surface area contributed by atoms with E-state index < -0.39 is 5.92 Å². The van der Waals surface area contributed by atoms with Gasteiger partial charge >= 0.3 is 0 Å². The minimum absolute atomic E-state index is 0.00980. The van der Waals surface area contributed by atoms with E-state index in [0.717, 1.165) is 34.7 Å². The molecule has 0 spiro atoms. The molecule has 0 aliphatic carbocycles. The Kier molecular flexibility index (Phi) is 5.99. The molecule has 2 atom stereocenters. The number of anilines is 1. The van der Waals surface area contributed by atoms with E-state index in [0.29, 0.717) is 6.54 Å². The van der Waals surface area contributed by atoms with Crippen molar-refractivity contribution < 1.29 is 9.59 Å². The van der Waals surface area contributed by atoms with Gasteiger partial charge in [-0.05, 0) is 49.4 Å². The molecule has 1 saturated heterocycles. The molecule has 3 aromatic rings. The van der Waals surface area contributed by atoms with E-state index in [2.05, 4.69) is 10.4 Å². The number of aryl methyl sites for hydroxylation is 3. The van der Waals surface area contributed by atoms with E-state index in [1.54, 1.807) is 16.2 Å². The van der Waals surface area contributed by atoms with E-state index in [4.69, 9.17) is 0 Å². The molecule has 30 heavy (non-hydrogen) atoms. The average Bonchev–Trinajstić information content (AvgIpc) is 3.46. The first-order valence-electron chi connectivity index (χ1n) is 10.2. The van der Waals surface area contributed by atoms with Crippen LogP contribution < -0.4 is 10.2 Å². The molecule has 1 N–H and O–H groups in total. The summed E-state index contributed by atoms with van der Waals surface area (Å²) in [5.74, 6) is -0.471. The first-order chi connectivity index (χ1) is 14.5. The zero-order valence-corrected chi connectivity index (χ0v) is 18.1. The molecule has 1 aliphatic rings. The van der Waals surface area contributed by atoms with Crippen LogP contribution in [0.5, 0.6) is 0 Å². The van der Waals surface area contributed by atoms with Crippen LogP contribution in [0.15, 0.2) is 54.2 Å². The predicted octanol–water partition coefficient (Wildman–Crippen LogP) is 3.86. The molecule has 0 saturated carbocycles. The fraction of sp³-hybridized carbons (Fsp3) is 0.348. The molecule has 2 amide bonds. The molecule has 7 heteroatoms. The van der Waals surface area contributed by atoms with Gasteiger partial charge in [-0.1, -0.05) is 23.8 Å². The zero-order valence-electron chi connectivity index (χ0n) is 17.2. The van der Waals surface area contributed by atoms with Crippen LogP contribution in [0.25, 0.3) is 0 Å². The van der Waals surface area contributed by atoms with Gasteiger partial charge in [-0.3, -0.25) is 14.3 Å². The maximum Gasteiger partial charge on any atom is 0.228 e. The van der Waals surface area contributed by atoms with Crippen molar-refractivity contribution in [1.29, 1.82) is 0 Å². The Labute approximate surface area is 180 Å². The summed E-state index contributed by atoms with van der Waals surface area (Å²) in [6.45, 7) is 5.34. The maximum absolute atomic E-state index is 13.0. The number of hydrogen-bond donors (Lipinski definition) is 1. The Morgan fingerprint density at radius 2 is 2.00 bits per heavy atom. The molecule has 0 bridgehead atoms. The van der Waals surface area contributed by atoms with Crippen LogP contribution in [-0.4, -0.2) is 28.1 Å². The van der Waals surface area contributed by atoms with E-state index in [1.807, 2.05) is 72.7 Å². The van der Waals surface area contributed by atoms with Crippen molar-refractivity contribution in [3.8, 4) is 0 Å². The molecule has 0 radical (unpaired) electrons. The highest BCUT2D eigenvalue weighted by atomic mass is 32.1. The molecule has 2 unspecified atom stereocenters. The molecule has 2 aromatic heterocycles. The lowest BCUT2D eigenvalue weighted by Crippen LogP contribution is -2.36. The molecule has 1 fully saturated rings. The van der Waals surface area contributed by atoms with E-state index in [9.17, 15) is 9.59 Å². The number of aromatic nitrogens is 2. The summed E-state index contributed by atoms with van der Waals surface area (Å²) in [6, 6.07) is 11.6. The van der Waals surface area contributed by atoms with Gasteiger partial charge in [0.05, 0.1) is 18.2 Å². The number of hydrogen-bond acceptors (Lipinski definition) is 4. The Hall–Kier alpha value is -2.93. The summed E-state index contributed by atoms with van der Waals surface area (Å²) in [5.41, 5.74) is 3.10. The van der Waals surface area contributed by atoms with Crippen molar-refractivity contribution in [2.24, 2.45) is 5.92 Å². The first-order valence-corrected chi connectivity index (χ1v) is 11.1. The van der Waals surface area contributed by atoms with Gasteiger partial charge in [0, 0.05) is 36.3 Å². The molecular weight excluding hydrogens is 396 g/mol. The topological polar surface area (TPSA) is 67.2 Å². The molecule has 6 nitrogen and oxygen atoms in total. The number of rotatable bonds is 7. The second-order valence-corrected chi connectivity index (χ2v) is 8.77. The molecule has 3 heterocycles. The Bertz CT molecular complexity index is 1010. The fourth-order valence-corrected chi connectivity index (χ4v) is 4.82. The normalized spacial score (nSPS) is 18.7. The van der Waals surface area contributed by atoms with Crippen molar-refractivity contribution in [3.05, 3.63) is 70.2 Å². The van der Waals surface area contributed by atoms with E-state index in [1.165, 1.54) is 0 Å². The van der Waals surface area contributed by atoms with Crippen molar-refractivity contribution in [3.63, 3.8) is 0 Å². The minimum Gasteiger partial charge on any atom is -0.356 e. The highest BCUT2D eigenvalue weighted by Gasteiger charge is 2.45. The number of nitrogens with one attached hydrogen (secondary N) is 1. The van der Waals surface area contributed by atoms with Gasteiger partial charge in [0.15, 0.2) is 0 Å². The lowest BCUT2D eigenvalue weighted by molar-refractivity contribution is -0.126. The van der Waals surface area contributed by atoms with Gasteiger partial charge in [0.1, 0.15) is 0 Å².